The maximum absolute atomic E-state index is 4.82. The normalized spacial score (nSPS) is 18.7. The van der Waals surface area contributed by atoms with Gasteiger partial charge in [0, 0.05) is 12.3 Å². The van der Waals surface area contributed by atoms with Gasteiger partial charge in [0.15, 0.2) is 0 Å². The Morgan fingerprint density at radius 3 is 2.37 bits per heavy atom. The van der Waals surface area contributed by atoms with Gasteiger partial charge >= 0.3 is 0 Å². The summed E-state index contributed by atoms with van der Waals surface area (Å²) in [5, 5.41) is 1.69. The van der Waals surface area contributed by atoms with Crippen LogP contribution < -0.4 is 0 Å². The van der Waals surface area contributed by atoms with Crippen LogP contribution in [0.4, 0.5) is 0 Å². The molecule has 0 spiro atoms. The number of hydrogen-bond donors (Lipinski definition) is 0. The molecular weight excluding hydrogens is 246 g/mol. The molecule has 0 atom stereocenters. The Labute approximate surface area is 121 Å². The van der Waals surface area contributed by atoms with Crippen molar-refractivity contribution in [2.45, 2.75) is 84.4 Å². The molecule has 0 fully saturated rings. The van der Waals surface area contributed by atoms with Gasteiger partial charge in [0.2, 0.25) is 0 Å². The van der Waals surface area contributed by atoms with E-state index in [0.29, 0.717) is 0 Å². The summed E-state index contributed by atoms with van der Waals surface area (Å²) in [6.07, 6.45) is 11.7. The van der Waals surface area contributed by atoms with Crippen LogP contribution in [0.5, 0.6) is 0 Å². The predicted molar refractivity (Wildman–Crippen MR) is 91.0 cm³/mol. The van der Waals surface area contributed by atoms with Crippen LogP contribution in [0.1, 0.15) is 65.7 Å². The van der Waals surface area contributed by atoms with E-state index in [1.165, 1.54) is 62.7 Å². The molecule has 0 N–H and O–H groups in total. The molecule has 0 amide bonds. The lowest BCUT2D eigenvalue weighted by atomic mass is 10.1. The zero-order valence-electron chi connectivity index (χ0n) is 13.6. The van der Waals surface area contributed by atoms with Crippen molar-refractivity contribution in [3.05, 3.63) is 11.3 Å². The molecule has 110 valence electrons. The van der Waals surface area contributed by atoms with Crippen molar-refractivity contribution in [1.29, 1.82) is 0 Å². The van der Waals surface area contributed by atoms with Crippen molar-refractivity contribution in [3.63, 3.8) is 0 Å². The van der Waals surface area contributed by atoms with Crippen molar-refractivity contribution in [3.8, 4) is 0 Å². The highest BCUT2D eigenvalue weighted by atomic mass is 28.3. The standard InChI is InChI=1S/C17H33NSi/c1-5-13-19(4,14-6-2)16(3)15-17-11-9-7-8-10-12-18-17/h15H,5-14H2,1-4H3/b16-15+,18-17?. The third-order valence-electron chi connectivity index (χ3n) is 4.59. The van der Waals surface area contributed by atoms with Gasteiger partial charge in [-0.3, -0.25) is 4.99 Å². The lowest BCUT2D eigenvalue weighted by molar-refractivity contribution is 0.645. The Balaban J connectivity index is 2.80. The second kappa shape index (κ2) is 8.73. The van der Waals surface area contributed by atoms with Crippen molar-refractivity contribution in [2.24, 2.45) is 4.99 Å². The second-order valence-corrected chi connectivity index (χ2v) is 11.3. The van der Waals surface area contributed by atoms with Crippen molar-refractivity contribution >= 4 is 13.8 Å². The lowest BCUT2D eigenvalue weighted by Gasteiger charge is -2.28. The SMILES string of the molecule is CCC[Si](C)(CCC)/C(C)=C/C1=NCCCCCC1. The molecule has 0 unspecified atom stereocenters. The van der Waals surface area contributed by atoms with Crippen molar-refractivity contribution in [2.75, 3.05) is 6.54 Å². The molecule has 1 rings (SSSR count). The molecule has 0 radical (unpaired) electrons. The number of aliphatic imine (C=N–C) groups is 1. The average molecular weight is 280 g/mol. The quantitative estimate of drug-likeness (QED) is 0.547. The van der Waals surface area contributed by atoms with Crippen molar-refractivity contribution in [1.82, 2.24) is 0 Å². The van der Waals surface area contributed by atoms with Gasteiger partial charge in [-0.2, -0.15) is 0 Å². The first-order valence-electron chi connectivity index (χ1n) is 8.34. The van der Waals surface area contributed by atoms with Crippen LogP contribution in [0.25, 0.3) is 0 Å². The first-order valence-corrected chi connectivity index (χ1v) is 11.3. The summed E-state index contributed by atoms with van der Waals surface area (Å²) in [4.78, 5) is 4.82. The number of hydrogen-bond acceptors (Lipinski definition) is 1. The van der Waals surface area contributed by atoms with Crippen LogP contribution >= 0.6 is 0 Å². The molecule has 0 aromatic rings. The maximum atomic E-state index is 4.82. The molecule has 0 aromatic heterocycles. The lowest BCUT2D eigenvalue weighted by Crippen LogP contribution is -2.32. The van der Waals surface area contributed by atoms with E-state index in [9.17, 15) is 0 Å². The fourth-order valence-electron chi connectivity index (χ4n) is 3.24. The summed E-state index contributed by atoms with van der Waals surface area (Å²) in [5.41, 5.74) is 1.39. The fraction of sp³-hybridized carbons (Fsp3) is 0.824. The van der Waals surface area contributed by atoms with Crippen LogP contribution in [0, 0.1) is 0 Å². The second-order valence-electron chi connectivity index (χ2n) is 6.43. The summed E-state index contributed by atoms with van der Waals surface area (Å²) < 4.78 is 0. The number of rotatable bonds is 6. The highest BCUT2D eigenvalue weighted by molar-refractivity contribution is 6.85. The third kappa shape index (κ3) is 5.64. The van der Waals surface area contributed by atoms with Crippen LogP contribution in [-0.2, 0) is 0 Å². The van der Waals surface area contributed by atoms with E-state index < -0.39 is 8.07 Å². The minimum Gasteiger partial charge on any atom is -0.290 e. The minimum absolute atomic E-state index is 1.05. The molecule has 1 heterocycles. The molecule has 2 heteroatoms. The van der Waals surface area contributed by atoms with E-state index in [-0.39, 0.29) is 0 Å². The van der Waals surface area contributed by atoms with Gasteiger partial charge in [-0.05, 0) is 32.3 Å². The monoisotopic (exact) mass is 279 g/mol. The van der Waals surface area contributed by atoms with E-state index in [1.807, 2.05) is 0 Å². The zero-order valence-corrected chi connectivity index (χ0v) is 14.6. The van der Waals surface area contributed by atoms with Crippen LogP contribution in [-0.4, -0.2) is 20.3 Å². The average Bonchev–Trinajstić information content (AvgIpc) is 2.32. The fourth-order valence-corrected chi connectivity index (χ4v) is 7.00. The maximum Gasteiger partial charge on any atom is 0.0782 e. The van der Waals surface area contributed by atoms with Crippen LogP contribution in [0.2, 0.25) is 18.6 Å². The van der Waals surface area contributed by atoms with Gasteiger partial charge in [0.25, 0.3) is 0 Å². The number of nitrogens with zero attached hydrogens (tertiary/aromatic N) is 1. The summed E-state index contributed by atoms with van der Waals surface area (Å²) in [7, 11) is -1.19. The molecule has 19 heavy (non-hydrogen) atoms. The van der Waals surface area contributed by atoms with Crippen LogP contribution in [0.15, 0.2) is 16.3 Å². The summed E-state index contributed by atoms with van der Waals surface area (Å²) in [6, 6.07) is 2.88. The molecule has 1 aliphatic heterocycles. The third-order valence-corrected chi connectivity index (χ3v) is 9.85. The van der Waals surface area contributed by atoms with Gasteiger partial charge in [0.1, 0.15) is 0 Å². The Kier molecular flexibility index (Phi) is 7.66. The van der Waals surface area contributed by atoms with E-state index in [0.717, 1.165) is 6.54 Å². The molecule has 0 aromatic carbocycles. The van der Waals surface area contributed by atoms with Crippen LogP contribution in [0.3, 0.4) is 0 Å². The Bertz CT molecular complexity index is 311. The summed E-state index contributed by atoms with van der Waals surface area (Å²) >= 11 is 0. The number of allylic oxidation sites excluding steroid dienone is 2. The van der Waals surface area contributed by atoms with E-state index in [4.69, 9.17) is 4.99 Å². The Hall–Kier alpha value is -0.373. The predicted octanol–water partition coefficient (Wildman–Crippen LogP) is 5.78. The van der Waals surface area contributed by atoms with Gasteiger partial charge in [-0.1, -0.05) is 63.4 Å². The topological polar surface area (TPSA) is 12.4 Å². The van der Waals surface area contributed by atoms with Crippen molar-refractivity contribution < 1.29 is 0 Å². The van der Waals surface area contributed by atoms with Gasteiger partial charge < -0.3 is 0 Å². The minimum atomic E-state index is -1.19. The molecule has 1 nitrogen and oxygen atoms in total. The molecule has 0 bridgehead atoms. The first-order chi connectivity index (χ1) is 9.12. The molecule has 0 saturated carbocycles. The molecular formula is C17H33NSi. The Morgan fingerprint density at radius 1 is 1.11 bits per heavy atom. The first kappa shape index (κ1) is 16.7. The summed E-state index contributed by atoms with van der Waals surface area (Å²) in [6.45, 7) is 10.7. The molecule has 0 aliphatic carbocycles. The van der Waals surface area contributed by atoms with E-state index >= 15 is 0 Å². The molecule has 1 aliphatic rings. The zero-order chi connectivity index (χ0) is 14.1. The van der Waals surface area contributed by atoms with E-state index in [1.54, 1.807) is 5.20 Å². The molecule has 0 saturated heterocycles. The van der Waals surface area contributed by atoms with Gasteiger partial charge in [-0.25, -0.2) is 0 Å². The summed E-state index contributed by atoms with van der Waals surface area (Å²) in [5.74, 6) is 0. The highest BCUT2D eigenvalue weighted by Gasteiger charge is 2.27. The smallest absolute Gasteiger partial charge is 0.0782 e. The van der Waals surface area contributed by atoms with Gasteiger partial charge in [0.05, 0.1) is 8.07 Å². The van der Waals surface area contributed by atoms with E-state index in [2.05, 4.69) is 33.4 Å². The Morgan fingerprint density at radius 2 is 1.74 bits per heavy atom. The largest absolute Gasteiger partial charge is 0.290 e. The highest BCUT2D eigenvalue weighted by Crippen LogP contribution is 2.28. The van der Waals surface area contributed by atoms with Gasteiger partial charge in [-0.15, -0.1) is 0 Å².